The Kier molecular flexibility index (Phi) is 2.70. The van der Waals surface area contributed by atoms with Gasteiger partial charge in [0, 0.05) is 6.54 Å². The Morgan fingerprint density at radius 3 is 2.69 bits per heavy atom. The molecule has 0 bridgehead atoms. The lowest BCUT2D eigenvalue weighted by atomic mass is 10.1. The maximum atomic E-state index is 12.3. The van der Waals surface area contributed by atoms with E-state index >= 15 is 0 Å². The van der Waals surface area contributed by atoms with Crippen molar-refractivity contribution < 1.29 is 8.42 Å². The predicted molar refractivity (Wildman–Crippen MR) is 65.5 cm³/mol. The predicted octanol–water partition coefficient (Wildman–Crippen LogP) is 2.22. The zero-order chi connectivity index (χ0) is 11.9. The molecule has 0 amide bonds. The molecular weight excluding hydrogens is 222 g/mol. The Hall–Kier alpha value is -1.03. The number of fused-ring (bicyclic) bond motifs is 1. The molecule has 1 aromatic rings. The summed E-state index contributed by atoms with van der Waals surface area (Å²) in [5.41, 5.74) is 1.82. The SMILES string of the molecule is Cc1ccc2c(c1)NCC(C(C)C)S2(=O)=O. The molecule has 1 N–H and O–H groups in total. The van der Waals surface area contributed by atoms with Gasteiger partial charge in [0.25, 0.3) is 0 Å². The molecule has 1 aliphatic rings. The fraction of sp³-hybridized carbons (Fsp3) is 0.500. The first-order valence-corrected chi connectivity index (χ1v) is 7.06. The minimum absolute atomic E-state index is 0.131. The highest BCUT2D eigenvalue weighted by Crippen LogP contribution is 2.32. The molecule has 2 rings (SSSR count). The van der Waals surface area contributed by atoms with E-state index in [1.165, 1.54) is 0 Å². The van der Waals surface area contributed by atoms with E-state index in [0.717, 1.165) is 11.3 Å². The molecule has 1 aliphatic heterocycles. The molecule has 1 aromatic carbocycles. The molecule has 0 saturated carbocycles. The van der Waals surface area contributed by atoms with E-state index < -0.39 is 9.84 Å². The Morgan fingerprint density at radius 1 is 1.38 bits per heavy atom. The highest BCUT2D eigenvalue weighted by Gasteiger charge is 2.35. The van der Waals surface area contributed by atoms with Crippen LogP contribution in [0.5, 0.6) is 0 Å². The summed E-state index contributed by atoms with van der Waals surface area (Å²) in [4.78, 5) is 0.447. The van der Waals surface area contributed by atoms with Crippen molar-refractivity contribution in [2.24, 2.45) is 5.92 Å². The van der Waals surface area contributed by atoms with Gasteiger partial charge in [-0.15, -0.1) is 0 Å². The van der Waals surface area contributed by atoms with Crippen molar-refractivity contribution in [3.05, 3.63) is 23.8 Å². The number of anilines is 1. The Morgan fingerprint density at radius 2 is 2.06 bits per heavy atom. The highest BCUT2D eigenvalue weighted by atomic mass is 32.2. The van der Waals surface area contributed by atoms with Gasteiger partial charge in [-0.3, -0.25) is 0 Å². The summed E-state index contributed by atoms with van der Waals surface area (Å²) in [6.45, 7) is 6.37. The van der Waals surface area contributed by atoms with Crippen molar-refractivity contribution in [3.63, 3.8) is 0 Å². The van der Waals surface area contributed by atoms with E-state index in [-0.39, 0.29) is 11.2 Å². The summed E-state index contributed by atoms with van der Waals surface area (Å²) in [7, 11) is -3.16. The number of nitrogens with one attached hydrogen (secondary N) is 1. The van der Waals surface area contributed by atoms with Crippen molar-refractivity contribution in [3.8, 4) is 0 Å². The molecule has 0 saturated heterocycles. The average Bonchev–Trinajstić information content (AvgIpc) is 2.15. The van der Waals surface area contributed by atoms with Crippen LogP contribution < -0.4 is 5.32 Å². The highest BCUT2D eigenvalue weighted by molar-refractivity contribution is 7.92. The average molecular weight is 239 g/mol. The van der Waals surface area contributed by atoms with Crippen molar-refractivity contribution in [1.82, 2.24) is 0 Å². The molecule has 0 aromatic heterocycles. The van der Waals surface area contributed by atoms with Crippen LogP contribution in [0.1, 0.15) is 19.4 Å². The van der Waals surface area contributed by atoms with E-state index in [1.54, 1.807) is 6.07 Å². The Bertz CT molecular complexity index is 506. The standard InChI is InChI=1S/C12H17NO2S/c1-8(2)12-7-13-10-6-9(3)4-5-11(10)16(12,14)15/h4-6,8,12-13H,7H2,1-3H3. The van der Waals surface area contributed by atoms with Gasteiger partial charge in [0.05, 0.1) is 15.8 Å². The number of rotatable bonds is 1. The van der Waals surface area contributed by atoms with Crippen LogP contribution in [0.4, 0.5) is 5.69 Å². The van der Waals surface area contributed by atoms with Gasteiger partial charge in [-0.05, 0) is 30.5 Å². The number of hydrogen-bond acceptors (Lipinski definition) is 3. The van der Waals surface area contributed by atoms with Gasteiger partial charge < -0.3 is 5.32 Å². The van der Waals surface area contributed by atoms with Gasteiger partial charge >= 0.3 is 0 Å². The topological polar surface area (TPSA) is 46.2 Å². The van der Waals surface area contributed by atoms with Gasteiger partial charge in [-0.1, -0.05) is 19.9 Å². The molecule has 0 radical (unpaired) electrons. The second-order valence-electron chi connectivity index (χ2n) is 4.71. The summed E-state index contributed by atoms with van der Waals surface area (Å²) in [6, 6.07) is 5.45. The molecular formula is C12H17NO2S. The monoisotopic (exact) mass is 239 g/mol. The summed E-state index contributed by atoms with van der Waals surface area (Å²) >= 11 is 0. The fourth-order valence-electron chi connectivity index (χ4n) is 2.11. The second kappa shape index (κ2) is 3.77. The second-order valence-corrected chi connectivity index (χ2v) is 6.84. The third-order valence-corrected chi connectivity index (χ3v) is 5.55. The lowest BCUT2D eigenvalue weighted by Gasteiger charge is -2.28. The molecule has 4 heteroatoms. The van der Waals surface area contributed by atoms with Crippen LogP contribution in [0.15, 0.2) is 23.1 Å². The van der Waals surface area contributed by atoms with Crippen LogP contribution in [-0.4, -0.2) is 20.2 Å². The quantitative estimate of drug-likeness (QED) is 0.817. The summed E-state index contributed by atoms with van der Waals surface area (Å²) in [5.74, 6) is 0.131. The largest absolute Gasteiger partial charge is 0.383 e. The first kappa shape index (κ1) is 11.5. The van der Waals surface area contributed by atoms with Crippen molar-refractivity contribution >= 4 is 15.5 Å². The lowest BCUT2D eigenvalue weighted by Crippen LogP contribution is -2.38. The third-order valence-electron chi connectivity index (χ3n) is 3.08. The number of benzene rings is 1. The maximum absolute atomic E-state index is 12.3. The van der Waals surface area contributed by atoms with Gasteiger partial charge in [-0.2, -0.15) is 0 Å². The lowest BCUT2D eigenvalue weighted by molar-refractivity contribution is 0.533. The molecule has 16 heavy (non-hydrogen) atoms. The van der Waals surface area contributed by atoms with Crippen molar-refractivity contribution in [1.29, 1.82) is 0 Å². The van der Waals surface area contributed by atoms with E-state index in [4.69, 9.17) is 0 Å². The van der Waals surface area contributed by atoms with Gasteiger partial charge in [0.1, 0.15) is 0 Å². The first-order valence-electron chi connectivity index (χ1n) is 5.51. The number of sulfone groups is 1. The zero-order valence-electron chi connectivity index (χ0n) is 9.82. The Labute approximate surface area is 96.8 Å². The number of hydrogen-bond donors (Lipinski definition) is 1. The zero-order valence-corrected chi connectivity index (χ0v) is 10.6. The molecule has 0 spiro atoms. The van der Waals surface area contributed by atoms with Crippen molar-refractivity contribution in [2.75, 3.05) is 11.9 Å². The minimum atomic E-state index is -3.16. The third kappa shape index (κ3) is 1.71. The van der Waals surface area contributed by atoms with Crippen LogP contribution >= 0.6 is 0 Å². The summed E-state index contributed by atoms with van der Waals surface area (Å²) < 4.78 is 24.6. The van der Waals surface area contributed by atoms with Crippen LogP contribution in [0.3, 0.4) is 0 Å². The molecule has 1 atom stereocenters. The number of aryl methyl sites for hydroxylation is 1. The summed E-state index contributed by atoms with van der Waals surface area (Å²) in [6.07, 6.45) is 0. The molecule has 88 valence electrons. The molecule has 1 unspecified atom stereocenters. The van der Waals surface area contributed by atoms with Crippen LogP contribution in [0.2, 0.25) is 0 Å². The molecule has 3 nitrogen and oxygen atoms in total. The van der Waals surface area contributed by atoms with E-state index in [2.05, 4.69) is 5.32 Å². The van der Waals surface area contributed by atoms with E-state index in [0.29, 0.717) is 11.4 Å². The van der Waals surface area contributed by atoms with Gasteiger partial charge in [0.15, 0.2) is 9.84 Å². The van der Waals surface area contributed by atoms with Crippen LogP contribution in [-0.2, 0) is 9.84 Å². The van der Waals surface area contributed by atoms with Gasteiger partial charge in [-0.25, -0.2) is 8.42 Å². The maximum Gasteiger partial charge on any atom is 0.185 e. The van der Waals surface area contributed by atoms with E-state index in [9.17, 15) is 8.42 Å². The normalized spacial score (nSPS) is 22.6. The molecule has 1 heterocycles. The molecule has 0 fully saturated rings. The van der Waals surface area contributed by atoms with Crippen molar-refractivity contribution in [2.45, 2.75) is 30.9 Å². The Balaban J connectivity index is 2.56. The molecule has 0 aliphatic carbocycles. The van der Waals surface area contributed by atoms with Gasteiger partial charge in [0.2, 0.25) is 0 Å². The smallest absolute Gasteiger partial charge is 0.185 e. The summed E-state index contributed by atoms with van der Waals surface area (Å²) in [5, 5.41) is 2.89. The minimum Gasteiger partial charge on any atom is -0.383 e. The van der Waals surface area contributed by atoms with Crippen LogP contribution in [0, 0.1) is 12.8 Å². The fourth-order valence-corrected chi connectivity index (χ4v) is 4.15. The van der Waals surface area contributed by atoms with Crippen LogP contribution in [0.25, 0.3) is 0 Å². The first-order chi connectivity index (χ1) is 7.43. The van der Waals surface area contributed by atoms with E-state index in [1.807, 2.05) is 32.9 Å².